The van der Waals surface area contributed by atoms with Gasteiger partial charge in [0.25, 0.3) is 0 Å². The first-order chi connectivity index (χ1) is 7.66. The first kappa shape index (κ1) is 10.8. The van der Waals surface area contributed by atoms with Gasteiger partial charge >= 0.3 is 0 Å². The minimum absolute atomic E-state index is 0.00499. The highest BCUT2D eigenvalue weighted by Gasteiger charge is 2.06. The molecule has 0 saturated carbocycles. The first-order valence-corrected chi connectivity index (χ1v) is 5.33. The number of phenolic OH excluding ortho intramolecular Hbond substituents is 1. The number of hydrogen-bond acceptors (Lipinski definition) is 4. The van der Waals surface area contributed by atoms with Gasteiger partial charge in [-0.3, -0.25) is 0 Å². The Labute approximate surface area is 101 Å². The van der Waals surface area contributed by atoms with Crippen molar-refractivity contribution in [1.82, 2.24) is 4.98 Å². The first-order valence-electron chi connectivity index (χ1n) is 4.53. The van der Waals surface area contributed by atoms with Gasteiger partial charge in [0, 0.05) is 16.7 Å². The zero-order valence-corrected chi connectivity index (χ0v) is 9.81. The average Bonchev–Trinajstić information content (AvgIpc) is 2.28. The molecule has 1 heterocycles. The smallest absolute Gasteiger partial charge is 0.219 e. The summed E-state index contributed by atoms with van der Waals surface area (Å²) in [5, 5.41) is 9.39. The van der Waals surface area contributed by atoms with E-state index in [9.17, 15) is 5.11 Å². The SMILES string of the molecule is Nc1c(O)cccc1Oc1ccc(Br)cn1. The van der Waals surface area contributed by atoms with Crippen molar-refractivity contribution in [3.8, 4) is 17.4 Å². The lowest BCUT2D eigenvalue weighted by Crippen LogP contribution is -1.93. The molecule has 82 valence electrons. The minimum atomic E-state index is -0.00499. The molecule has 0 amide bonds. The van der Waals surface area contributed by atoms with Crippen LogP contribution in [0, 0.1) is 0 Å². The number of benzene rings is 1. The van der Waals surface area contributed by atoms with Gasteiger partial charge in [-0.15, -0.1) is 0 Å². The lowest BCUT2D eigenvalue weighted by Gasteiger charge is -2.08. The van der Waals surface area contributed by atoms with Crippen LogP contribution in [0.25, 0.3) is 0 Å². The van der Waals surface area contributed by atoms with E-state index in [1.165, 1.54) is 6.07 Å². The summed E-state index contributed by atoms with van der Waals surface area (Å²) < 4.78 is 6.29. The van der Waals surface area contributed by atoms with Gasteiger partial charge in [-0.05, 0) is 34.1 Å². The molecule has 2 rings (SSSR count). The molecule has 0 saturated heterocycles. The Morgan fingerprint density at radius 1 is 1.25 bits per heavy atom. The molecule has 0 aliphatic heterocycles. The van der Waals surface area contributed by atoms with Crippen molar-refractivity contribution in [2.24, 2.45) is 0 Å². The van der Waals surface area contributed by atoms with E-state index in [1.54, 1.807) is 30.5 Å². The van der Waals surface area contributed by atoms with Crippen LogP contribution in [0.4, 0.5) is 5.69 Å². The molecule has 0 atom stereocenters. The number of nitrogens with zero attached hydrogens (tertiary/aromatic N) is 1. The van der Waals surface area contributed by atoms with Gasteiger partial charge in [-0.25, -0.2) is 4.98 Å². The summed E-state index contributed by atoms with van der Waals surface area (Å²) in [4.78, 5) is 4.04. The molecule has 3 N–H and O–H groups in total. The zero-order chi connectivity index (χ0) is 11.5. The van der Waals surface area contributed by atoms with Crippen LogP contribution in [-0.4, -0.2) is 10.1 Å². The summed E-state index contributed by atoms with van der Waals surface area (Å²) in [7, 11) is 0. The summed E-state index contributed by atoms with van der Waals surface area (Å²) in [6.07, 6.45) is 1.62. The van der Waals surface area contributed by atoms with E-state index in [-0.39, 0.29) is 11.4 Å². The monoisotopic (exact) mass is 280 g/mol. The summed E-state index contributed by atoms with van der Waals surface area (Å²) >= 11 is 3.27. The number of anilines is 1. The van der Waals surface area contributed by atoms with Crippen molar-refractivity contribution in [1.29, 1.82) is 0 Å². The lowest BCUT2D eigenvalue weighted by atomic mass is 10.3. The van der Waals surface area contributed by atoms with E-state index in [4.69, 9.17) is 10.5 Å². The molecular weight excluding hydrogens is 272 g/mol. The number of nitrogen functional groups attached to an aromatic ring is 1. The molecule has 16 heavy (non-hydrogen) atoms. The number of para-hydroxylation sites is 1. The van der Waals surface area contributed by atoms with E-state index < -0.39 is 0 Å². The number of phenols is 1. The van der Waals surface area contributed by atoms with Crippen LogP contribution in [-0.2, 0) is 0 Å². The lowest BCUT2D eigenvalue weighted by molar-refractivity contribution is 0.450. The number of pyridine rings is 1. The van der Waals surface area contributed by atoms with Crippen molar-refractivity contribution in [3.05, 3.63) is 41.0 Å². The largest absolute Gasteiger partial charge is 0.506 e. The third-order valence-electron chi connectivity index (χ3n) is 1.96. The van der Waals surface area contributed by atoms with Crippen molar-refractivity contribution in [2.45, 2.75) is 0 Å². The molecule has 0 fully saturated rings. The Kier molecular flexibility index (Phi) is 2.96. The summed E-state index contributed by atoms with van der Waals surface area (Å²) in [5.41, 5.74) is 5.85. The standard InChI is InChI=1S/C11H9BrN2O2/c12-7-4-5-10(14-6-7)16-9-3-1-2-8(15)11(9)13/h1-6,15H,13H2. The van der Waals surface area contributed by atoms with Gasteiger partial charge in [0.05, 0.1) is 0 Å². The number of hydrogen-bond donors (Lipinski definition) is 2. The summed E-state index contributed by atoms with van der Waals surface area (Å²) in [6, 6.07) is 8.32. The molecule has 0 radical (unpaired) electrons. The highest BCUT2D eigenvalue weighted by molar-refractivity contribution is 9.10. The quantitative estimate of drug-likeness (QED) is 0.656. The maximum absolute atomic E-state index is 9.39. The number of halogens is 1. The van der Waals surface area contributed by atoms with E-state index in [0.29, 0.717) is 11.6 Å². The maximum atomic E-state index is 9.39. The number of rotatable bonds is 2. The molecular formula is C11H9BrN2O2. The summed E-state index contributed by atoms with van der Waals surface area (Å²) in [6.45, 7) is 0. The normalized spacial score (nSPS) is 10.1. The fourth-order valence-corrected chi connectivity index (χ4v) is 1.39. The Morgan fingerprint density at radius 2 is 2.06 bits per heavy atom. The predicted molar refractivity (Wildman–Crippen MR) is 64.5 cm³/mol. The second-order valence-electron chi connectivity index (χ2n) is 3.11. The zero-order valence-electron chi connectivity index (χ0n) is 8.22. The maximum Gasteiger partial charge on any atom is 0.219 e. The Balaban J connectivity index is 2.27. The van der Waals surface area contributed by atoms with Crippen LogP contribution in [0.15, 0.2) is 41.0 Å². The predicted octanol–water partition coefficient (Wildman–Crippen LogP) is 2.92. The van der Waals surface area contributed by atoms with E-state index >= 15 is 0 Å². The fraction of sp³-hybridized carbons (Fsp3) is 0. The van der Waals surface area contributed by atoms with Crippen LogP contribution >= 0.6 is 15.9 Å². The van der Waals surface area contributed by atoms with Crippen molar-refractivity contribution >= 4 is 21.6 Å². The molecule has 0 aliphatic carbocycles. The van der Waals surface area contributed by atoms with Gasteiger partial charge in [0.2, 0.25) is 5.88 Å². The molecule has 1 aromatic heterocycles. The molecule has 0 spiro atoms. The molecule has 0 aliphatic rings. The van der Waals surface area contributed by atoms with Crippen LogP contribution in [0.3, 0.4) is 0 Å². The van der Waals surface area contributed by atoms with Crippen molar-refractivity contribution in [3.63, 3.8) is 0 Å². The van der Waals surface area contributed by atoms with Crippen LogP contribution in [0.1, 0.15) is 0 Å². The van der Waals surface area contributed by atoms with Crippen LogP contribution in [0.5, 0.6) is 17.4 Å². The van der Waals surface area contributed by atoms with Gasteiger partial charge in [0.1, 0.15) is 11.4 Å². The van der Waals surface area contributed by atoms with Crippen LogP contribution < -0.4 is 10.5 Å². The third kappa shape index (κ3) is 2.25. The topological polar surface area (TPSA) is 68.4 Å². The van der Waals surface area contributed by atoms with Crippen LogP contribution in [0.2, 0.25) is 0 Å². The van der Waals surface area contributed by atoms with Gasteiger partial charge in [-0.2, -0.15) is 0 Å². The van der Waals surface area contributed by atoms with Gasteiger partial charge in [0.15, 0.2) is 5.75 Å². The molecule has 1 aromatic carbocycles. The Morgan fingerprint density at radius 3 is 2.75 bits per heavy atom. The molecule has 5 heteroatoms. The number of nitrogens with two attached hydrogens (primary N) is 1. The molecule has 0 unspecified atom stereocenters. The number of aromatic hydroxyl groups is 1. The average molecular weight is 281 g/mol. The van der Waals surface area contributed by atoms with E-state index in [2.05, 4.69) is 20.9 Å². The number of ether oxygens (including phenoxy) is 1. The van der Waals surface area contributed by atoms with Gasteiger partial charge < -0.3 is 15.6 Å². The van der Waals surface area contributed by atoms with E-state index in [0.717, 1.165) is 4.47 Å². The summed E-state index contributed by atoms with van der Waals surface area (Å²) in [5.74, 6) is 0.796. The van der Waals surface area contributed by atoms with E-state index in [1.807, 2.05) is 0 Å². The minimum Gasteiger partial charge on any atom is -0.506 e. The Bertz CT molecular complexity index is 500. The second-order valence-corrected chi connectivity index (χ2v) is 4.02. The molecule has 2 aromatic rings. The Hall–Kier alpha value is -1.75. The highest BCUT2D eigenvalue weighted by atomic mass is 79.9. The van der Waals surface area contributed by atoms with Crippen molar-refractivity contribution in [2.75, 3.05) is 5.73 Å². The second kappa shape index (κ2) is 4.40. The molecule has 0 bridgehead atoms. The van der Waals surface area contributed by atoms with Gasteiger partial charge in [-0.1, -0.05) is 6.07 Å². The third-order valence-corrected chi connectivity index (χ3v) is 2.43. The van der Waals surface area contributed by atoms with Crippen molar-refractivity contribution < 1.29 is 9.84 Å². The number of aromatic nitrogens is 1. The molecule has 4 nitrogen and oxygen atoms in total. The highest BCUT2D eigenvalue weighted by Crippen LogP contribution is 2.32. The fourth-order valence-electron chi connectivity index (χ4n) is 1.16.